The quantitative estimate of drug-likeness (QED) is 0.339. The van der Waals surface area contributed by atoms with Crippen LogP contribution in [0.15, 0.2) is 9.95 Å². The molecular formula is C17H17ClF3N5O4S. The van der Waals surface area contributed by atoms with Gasteiger partial charge in [-0.05, 0) is 19.1 Å². The summed E-state index contributed by atoms with van der Waals surface area (Å²) in [7, 11) is 0. The molecule has 1 amide bonds. The number of nitrogens with one attached hydrogen (secondary N) is 2. The highest BCUT2D eigenvalue weighted by Crippen LogP contribution is 2.35. The zero-order chi connectivity index (χ0) is 22.4. The molecule has 2 bridgehead atoms. The highest BCUT2D eigenvalue weighted by molar-refractivity contribution is 7.98. The molecule has 4 atom stereocenters. The standard InChI is InChI=1S/C17H17ClF3N5O4S/c1-31-16-23-10-7(14(27)25-16)15(24-12(18)8(10)19)30-11(13(20)21)9-6-3-2-5(4-22-9)26(6)17(28)29/h5-6,9,11,13,22H,2-4H2,1H3,(H,28,29)(H,23,25,27)/t5?,6?,9?,11-/m1/s1. The third kappa shape index (κ3) is 3.78. The number of H-pyrrole nitrogens is 1. The molecule has 0 radical (unpaired) electrons. The van der Waals surface area contributed by atoms with E-state index in [-0.39, 0.29) is 17.7 Å². The molecule has 2 aliphatic heterocycles. The van der Waals surface area contributed by atoms with E-state index >= 15 is 0 Å². The van der Waals surface area contributed by atoms with Crippen molar-refractivity contribution in [1.29, 1.82) is 0 Å². The zero-order valence-corrected chi connectivity index (χ0v) is 17.5. The third-order valence-electron chi connectivity index (χ3n) is 5.51. The van der Waals surface area contributed by atoms with Crippen molar-refractivity contribution in [2.45, 2.75) is 48.7 Å². The number of carbonyl (C=O) groups is 1. The van der Waals surface area contributed by atoms with Crippen LogP contribution in [-0.4, -0.2) is 74.5 Å². The first kappa shape index (κ1) is 22.0. The fourth-order valence-corrected chi connectivity index (χ4v) is 4.74. The van der Waals surface area contributed by atoms with Crippen molar-refractivity contribution in [3.05, 3.63) is 21.3 Å². The van der Waals surface area contributed by atoms with Crippen LogP contribution < -0.4 is 15.6 Å². The fraction of sp³-hybridized carbons (Fsp3) is 0.529. The molecule has 2 fully saturated rings. The minimum absolute atomic E-state index is 0.0954. The molecular weight excluding hydrogens is 463 g/mol. The van der Waals surface area contributed by atoms with Gasteiger partial charge in [-0.15, -0.1) is 0 Å². The Labute approximate surface area is 182 Å². The second-order valence-corrected chi connectivity index (χ2v) is 8.31. The van der Waals surface area contributed by atoms with E-state index in [4.69, 9.17) is 16.3 Å². The Morgan fingerprint density at radius 1 is 1.39 bits per heavy atom. The van der Waals surface area contributed by atoms with E-state index in [9.17, 15) is 27.9 Å². The minimum Gasteiger partial charge on any atom is -0.466 e. The molecule has 2 saturated heterocycles. The van der Waals surface area contributed by atoms with Gasteiger partial charge in [0.2, 0.25) is 5.88 Å². The molecule has 0 aromatic carbocycles. The van der Waals surface area contributed by atoms with Crippen LogP contribution in [0.3, 0.4) is 0 Å². The first-order valence-electron chi connectivity index (χ1n) is 9.25. The largest absolute Gasteiger partial charge is 0.466 e. The lowest BCUT2D eigenvalue weighted by atomic mass is 9.99. The van der Waals surface area contributed by atoms with Crippen LogP contribution in [0.4, 0.5) is 18.0 Å². The van der Waals surface area contributed by atoms with Gasteiger partial charge in [-0.2, -0.15) is 4.98 Å². The molecule has 2 aromatic rings. The SMILES string of the molecule is CSc1nc2c(F)c(Cl)nc(O[C@@H](C(F)F)C3NCC4CCC3N4C(=O)O)c2c(=O)[nH]1. The van der Waals surface area contributed by atoms with Gasteiger partial charge in [0.1, 0.15) is 10.9 Å². The van der Waals surface area contributed by atoms with Crippen molar-refractivity contribution in [3.63, 3.8) is 0 Å². The summed E-state index contributed by atoms with van der Waals surface area (Å²) in [6.07, 6.45) is -3.64. The van der Waals surface area contributed by atoms with Gasteiger partial charge in [-0.25, -0.2) is 22.9 Å². The van der Waals surface area contributed by atoms with E-state index in [2.05, 4.69) is 20.3 Å². The van der Waals surface area contributed by atoms with E-state index in [1.165, 1.54) is 0 Å². The number of alkyl halides is 2. The molecule has 4 rings (SSSR count). The van der Waals surface area contributed by atoms with Gasteiger partial charge < -0.3 is 20.1 Å². The van der Waals surface area contributed by atoms with Gasteiger partial charge in [0, 0.05) is 12.6 Å². The number of halogens is 4. The van der Waals surface area contributed by atoms with Crippen LogP contribution >= 0.6 is 23.4 Å². The number of pyridine rings is 1. The number of rotatable bonds is 5. The average Bonchev–Trinajstić information content (AvgIpc) is 3.03. The van der Waals surface area contributed by atoms with Crippen molar-refractivity contribution in [1.82, 2.24) is 25.2 Å². The molecule has 31 heavy (non-hydrogen) atoms. The van der Waals surface area contributed by atoms with Gasteiger partial charge in [0.05, 0.1) is 12.1 Å². The van der Waals surface area contributed by atoms with Gasteiger partial charge in [-0.3, -0.25) is 9.69 Å². The normalized spacial score (nSPS) is 24.1. The summed E-state index contributed by atoms with van der Waals surface area (Å²) in [6, 6.07) is -2.14. The summed E-state index contributed by atoms with van der Waals surface area (Å²) in [6.45, 7) is 0.178. The predicted molar refractivity (Wildman–Crippen MR) is 106 cm³/mol. The van der Waals surface area contributed by atoms with Crippen LogP contribution in [0, 0.1) is 5.82 Å². The number of fused-ring (bicyclic) bond motifs is 3. The number of aromatic amines is 1. The molecule has 2 aromatic heterocycles. The fourth-order valence-electron chi connectivity index (χ4n) is 4.20. The van der Waals surface area contributed by atoms with E-state index in [1.54, 1.807) is 6.26 Å². The van der Waals surface area contributed by atoms with Crippen LogP contribution in [0.5, 0.6) is 5.88 Å². The number of piperazine rings is 1. The number of thioether (sulfide) groups is 1. The summed E-state index contributed by atoms with van der Waals surface area (Å²) >= 11 is 6.84. The van der Waals surface area contributed by atoms with Crippen molar-refractivity contribution in [2.75, 3.05) is 12.8 Å². The van der Waals surface area contributed by atoms with E-state index in [0.717, 1.165) is 16.7 Å². The second kappa shape index (κ2) is 8.36. The Morgan fingerprint density at radius 2 is 2.13 bits per heavy atom. The maximum absolute atomic E-state index is 14.5. The van der Waals surface area contributed by atoms with Crippen molar-refractivity contribution in [3.8, 4) is 5.88 Å². The molecule has 168 valence electrons. The van der Waals surface area contributed by atoms with Gasteiger partial charge in [0.15, 0.2) is 22.2 Å². The Hall–Kier alpha value is -2.25. The van der Waals surface area contributed by atoms with Crippen LogP contribution in [0.1, 0.15) is 12.8 Å². The molecule has 0 saturated carbocycles. The van der Waals surface area contributed by atoms with Gasteiger partial charge >= 0.3 is 6.09 Å². The van der Waals surface area contributed by atoms with Crippen molar-refractivity contribution in [2.24, 2.45) is 0 Å². The number of hydrogen-bond acceptors (Lipinski definition) is 7. The van der Waals surface area contributed by atoms with Gasteiger partial charge in [-0.1, -0.05) is 23.4 Å². The third-order valence-corrected chi connectivity index (χ3v) is 6.35. The molecule has 0 spiro atoms. The maximum Gasteiger partial charge on any atom is 0.407 e. The van der Waals surface area contributed by atoms with Gasteiger partial charge in [0.25, 0.3) is 12.0 Å². The Kier molecular flexibility index (Phi) is 5.92. The number of ether oxygens (including phenoxy) is 1. The monoisotopic (exact) mass is 479 g/mol. The highest BCUT2D eigenvalue weighted by Gasteiger charge is 2.50. The lowest BCUT2D eigenvalue weighted by molar-refractivity contribution is -0.0375. The summed E-state index contributed by atoms with van der Waals surface area (Å²) < 4.78 is 48.0. The number of carboxylic acid groups (broad SMARTS) is 1. The van der Waals surface area contributed by atoms with Crippen molar-refractivity contribution >= 4 is 40.4 Å². The Balaban J connectivity index is 1.77. The zero-order valence-electron chi connectivity index (χ0n) is 15.9. The topological polar surface area (TPSA) is 120 Å². The average molecular weight is 480 g/mol. The predicted octanol–water partition coefficient (Wildman–Crippen LogP) is 2.33. The Bertz CT molecular complexity index is 1090. The maximum atomic E-state index is 14.5. The lowest BCUT2D eigenvalue weighted by Crippen LogP contribution is -2.65. The summed E-state index contributed by atoms with van der Waals surface area (Å²) in [4.78, 5) is 35.3. The Morgan fingerprint density at radius 3 is 2.77 bits per heavy atom. The number of aromatic nitrogens is 3. The van der Waals surface area contributed by atoms with Crippen LogP contribution in [0.25, 0.3) is 10.9 Å². The van der Waals surface area contributed by atoms with E-state index in [1.807, 2.05) is 0 Å². The molecule has 3 unspecified atom stereocenters. The number of nitrogens with zero attached hydrogens (tertiary/aromatic N) is 3. The number of amides is 1. The smallest absolute Gasteiger partial charge is 0.407 e. The minimum atomic E-state index is -3.07. The first-order chi connectivity index (χ1) is 14.7. The summed E-state index contributed by atoms with van der Waals surface area (Å²) in [5, 5.41) is 11.4. The molecule has 2 aliphatic rings. The molecule has 0 aliphatic carbocycles. The van der Waals surface area contributed by atoms with Crippen LogP contribution in [-0.2, 0) is 0 Å². The summed E-state index contributed by atoms with van der Waals surface area (Å²) in [5.74, 6) is -1.68. The number of hydrogen-bond donors (Lipinski definition) is 3. The first-order valence-corrected chi connectivity index (χ1v) is 10.9. The highest BCUT2D eigenvalue weighted by atomic mass is 35.5. The molecule has 3 N–H and O–H groups in total. The molecule has 4 heterocycles. The molecule has 14 heteroatoms. The van der Waals surface area contributed by atoms with Crippen LogP contribution in [0.2, 0.25) is 5.15 Å². The second-order valence-electron chi connectivity index (χ2n) is 7.16. The van der Waals surface area contributed by atoms with E-state index in [0.29, 0.717) is 12.8 Å². The summed E-state index contributed by atoms with van der Waals surface area (Å²) in [5.41, 5.74) is -1.29. The van der Waals surface area contributed by atoms with E-state index < -0.39 is 64.0 Å². The lowest BCUT2D eigenvalue weighted by Gasteiger charge is -2.41. The van der Waals surface area contributed by atoms with Crippen molar-refractivity contribution < 1.29 is 27.8 Å². The molecule has 9 nitrogen and oxygen atoms in total.